The van der Waals surface area contributed by atoms with Crippen molar-refractivity contribution < 1.29 is 13.9 Å². The van der Waals surface area contributed by atoms with Crippen LogP contribution in [0.2, 0.25) is 0 Å². The molecule has 0 bridgehead atoms. The molecule has 0 aliphatic heterocycles. The summed E-state index contributed by atoms with van der Waals surface area (Å²) >= 11 is 1.45. The van der Waals surface area contributed by atoms with Crippen LogP contribution in [0.5, 0.6) is 5.75 Å². The third-order valence-electron chi connectivity index (χ3n) is 4.90. The molecular weight excluding hydrogens is 437 g/mol. The lowest BCUT2D eigenvalue weighted by atomic mass is 10.1. The number of carbonyl (C=O) groups excluding carboxylic acids is 1. The maximum atomic E-state index is 13.1. The van der Waals surface area contributed by atoms with Crippen LogP contribution in [0.25, 0.3) is 11.3 Å². The predicted molar refractivity (Wildman–Crippen MR) is 132 cm³/mol. The Labute approximate surface area is 196 Å². The van der Waals surface area contributed by atoms with Gasteiger partial charge >= 0.3 is 0 Å². The number of unbranched alkanes of at least 4 members (excludes halogenated alkanes) is 1. The molecule has 0 aliphatic rings. The van der Waals surface area contributed by atoms with Gasteiger partial charge in [0.2, 0.25) is 0 Å². The smallest absolute Gasteiger partial charge is 0.255 e. The van der Waals surface area contributed by atoms with Crippen molar-refractivity contribution >= 4 is 33.8 Å². The highest BCUT2D eigenvalue weighted by molar-refractivity contribution is 7.14. The molecule has 1 aromatic heterocycles. The molecule has 33 heavy (non-hydrogen) atoms. The van der Waals surface area contributed by atoms with Crippen molar-refractivity contribution in [2.24, 2.45) is 0 Å². The van der Waals surface area contributed by atoms with Crippen molar-refractivity contribution in [1.29, 1.82) is 0 Å². The number of benzene rings is 3. The van der Waals surface area contributed by atoms with Crippen LogP contribution in [0, 0.1) is 5.82 Å². The Morgan fingerprint density at radius 2 is 1.82 bits per heavy atom. The van der Waals surface area contributed by atoms with E-state index in [-0.39, 0.29) is 11.7 Å². The van der Waals surface area contributed by atoms with Crippen molar-refractivity contribution in [3.63, 3.8) is 0 Å². The molecule has 0 fully saturated rings. The van der Waals surface area contributed by atoms with Crippen LogP contribution < -0.4 is 15.4 Å². The summed E-state index contributed by atoms with van der Waals surface area (Å²) in [6.07, 6.45) is 2.08. The molecule has 3 aromatic carbocycles. The van der Waals surface area contributed by atoms with Crippen LogP contribution >= 0.6 is 11.3 Å². The topological polar surface area (TPSA) is 63.2 Å². The molecule has 0 spiro atoms. The first-order chi connectivity index (χ1) is 16.1. The number of amides is 1. The average Bonchev–Trinajstić information content (AvgIpc) is 3.30. The molecule has 0 aliphatic carbocycles. The maximum Gasteiger partial charge on any atom is 0.255 e. The Morgan fingerprint density at radius 3 is 2.58 bits per heavy atom. The largest absolute Gasteiger partial charge is 0.494 e. The van der Waals surface area contributed by atoms with E-state index in [0.717, 1.165) is 35.5 Å². The fraction of sp³-hybridized carbons (Fsp3) is 0.154. The lowest BCUT2D eigenvalue weighted by molar-refractivity contribution is 0.102. The monoisotopic (exact) mass is 461 g/mol. The van der Waals surface area contributed by atoms with Gasteiger partial charge in [-0.05, 0) is 67.1 Å². The number of halogens is 1. The van der Waals surface area contributed by atoms with E-state index in [0.29, 0.717) is 23.0 Å². The molecular formula is C26H24FN3O2S. The number of carbonyl (C=O) groups is 1. The number of thiazole rings is 1. The number of nitrogens with zero attached hydrogens (tertiary/aromatic N) is 1. The lowest BCUT2D eigenvalue weighted by Crippen LogP contribution is -2.11. The second kappa shape index (κ2) is 10.7. The minimum absolute atomic E-state index is 0.191. The summed E-state index contributed by atoms with van der Waals surface area (Å²) in [6, 6.07) is 20.8. The average molecular weight is 462 g/mol. The minimum atomic E-state index is -0.282. The van der Waals surface area contributed by atoms with E-state index in [9.17, 15) is 9.18 Å². The molecule has 1 heterocycles. The molecule has 0 radical (unpaired) electrons. The zero-order chi connectivity index (χ0) is 23.0. The van der Waals surface area contributed by atoms with Crippen LogP contribution in [0.4, 0.5) is 20.9 Å². The standard InChI is InChI=1S/C26H24FN3O2S/c1-2-3-15-32-23-13-7-18(8-14-23)25(31)28-22-6-4-5-19(16-22)24-17-33-26(30-24)29-21-11-9-20(27)10-12-21/h4-14,16-17H,2-3,15H2,1H3,(H,28,31)(H,29,30). The zero-order valence-electron chi connectivity index (χ0n) is 18.2. The Kier molecular flexibility index (Phi) is 7.32. The molecule has 2 N–H and O–H groups in total. The van der Waals surface area contributed by atoms with Gasteiger partial charge in [0.25, 0.3) is 5.91 Å². The van der Waals surface area contributed by atoms with Crippen LogP contribution in [0.3, 0.4) is 0 Å². The molecule has 0 atom stereocenters. The quantitative estimate of drug-likeness (QED) is 0.260. The van der Waals surface area contributed by atoms with Gasteiger partial charge in [0.1, 0.15) is 11.6 Å². The first-order valence-electron chi connectivity index (χ1n) is 10.7. The number of aromatic nitrogens is 1. The fourth-order valence-corrected chi connectivity index (χ4v) is 3.86. The van der Waals surface area contributed by atoms with Crippen molar-refractivity contribution in [2.45, 2.75) is 19.8 Å². The Hall–Kier alpha value is -3.71. The third kappa shape index (κ3) is 6.17. The second-order valence-electron chi connectivity index (χ2n) is 7.43. The molecule has 4 aromatic rings. The highest BCUT2D eigenvalue weighted by Gasteiger charge is 2.09. The van der Waals surface area contributed by atoms with Gasteiger partial charge in [-0.2, -0.15) is 0 Å². The van der Waals surface area contributed by atoms with Gasteiger partial charge in [0.15, 0.2) is 5.13 Å². The summed E-state index contributed by atoms with van der Waals surface area (Å²) in [5.74, 6) is 0.287. The number of ether oxygens (including phenoxy) is 1. The number of rotatable bonds is 9. The molecule has 5 nitrogen and oxygen atoms in total. The first kappa shape index (κ1) is 22.5. The SMILES string of the molecule is CCCCOc1ccc(C(=O)Nc2cccc(-c3csc(Nc4ccc(F)cc4)n3)c2)cc1. The molecule has 0 saturated heterocycles. The van der Waals surface area contributed by atoms with Crippen LogP contribution in [-0.4, -0.2) is 17.5 Å². The van der Waals surface area contributed by atoms with E-state index in [1.807, 2.05) is 41.8 Å². The van der Waals surface area contributed by atoms with E-state index in [1.165, 1.54) is 23.5 Å². The summed E-state index contributed by atoms with van der Waals surface area (Å²) in [5.41, 5.74) is 3.68. The predicted octanol–water partition coefficient (Wildman–Crippen LogP) is 7.12. The summed E-state index contributed by atoms with van der Waals surface area (Å²) < 4.78 is 18.7. The Balaban J connectivity index is 1.40. The van der Waals surface area contributed by atoms with Crippen molar-refractivity contribution in [3.05, 3.63) is 89.6 Å². The highest BCUT2D eigenvalue weighted by Crippen LogP contribution is 2.29. The lowest BCUT2D eigenvalue weighted by Gasteiger charge is -2.08. The van der Waals surface area contributed by atoms with Gasteiger partial charge in [0, 0.05) is 27.9 Å². The first-order valence-corrected chi connectivity index (χ1v) is 11.6. The van der Waals surface area contributed by atoms with Gasteiger partial charge in [-0.25, -0.2) is 9.37 Å². The van der Waals surface area contributed by atoms with E-state index in [1.54, 1.807) is 24.3 Å². The van der Waals surface area contributed by atoms with Crippen LogP contribution in [0.1, 0.15) is 30.1 Å². The van der Waals surface area contributed by atoms with Crippen molar-refractivity contribution in [3.8, 4) is 17.0 Å². The molecule has 0 unspecified atom stereocenters. The molecule has 168 valence electrons. The Bertz CT molecular complexity index is 1210. The summed E-state index contributed by atoms with van der Waals surface area (Å²) in [4.78, 5) is 17.3. The summed E-state index contributed by atoms with van der Waals surface area (Å²) in [6.45, 7) is 2.79. The summed E-state index contributed by atoms with van der Waals surface area (Å²) in [7, 11) is 0. The summed E-state index contributed by atoms with van der Waals surface area (Å²) in [5, 5.41) is 8.74. The minimum Gasteiger partial charge on any atom is -0.494 e. The van der Waals surface area contributed by atoms with E-state index >= 15 is 0 Å². The second-order valence-corrected chi connectivity index (χ2v) is 8.29. The van der Waals surface area contributed by atoms with Gasteiger partial charge in [-0.1, -0.05) is 25.5 Å². The maximum absolute atomic E-state index is 13.1. The van der Waals surface area contributed by atoms with Crippen LogP contribution in [-0.2, 0) is 0 Å². The number of hydrogen-bond acceptors (Lipinski definition) is 5. The Morgan fingerprint density at radius 1 is 1.03 bits per heavy atom. The highest BCUT2D eigenvalue weighted by atomic mass is 32.1. The number of nitrogens with one attached hydrogen (secondary N) is 2. The molecule has 4 rings (SSSR count). The van der Waals surface area contributed by atoms with Crippen LogP contribution in [0.15, 0.2) is 78.2 Å². The van der Waals surface area contributed by atoms with E-state index < -0.39 is 0 Å². The van der Waals surface area contributed by atoms with Gasteiger partial charge < -0.3 is 15.4 Å². The zero-order valence-corrected chi connectivity index (χ0v) is 19.0. The van der Waals surface area contributed by atoms with Gasteiger partial charge in [-0.3, -0.25) is 4.79 Å². The third-order valence-corrected chi connectivity index (χ3v) is 5.66. The number of hydrogen-bond donors (Lipinski definition) is 2. The number of anilines is 3. The van der Waals surface area contributed by atoms with Gasteiger partial charge in [0.05, 0.1) is 12.3 Å². The van der Waals surface area contributed by atoms with Gasteiger partial charge in [-0.15, -0.1) is 11.3 Å². The fourth-order valence-electron chi connectivity index (χ4n) is 3.12. The van der Waals surface area contributed by atoms with Crippen molar-refractivity contribution in [1.82, 2.24) is 4.98 Å². The van der Waals surface area contributed by atoms with E-state index in [4.69, 9.17) is 4.74 Å². The normalized spacial score (nSPS) is 10.6. The van der Waals surface area contributed by atoms with Crippen molar-refractivity contribution in [2.75, 3.05) is 17.2 Å². The molecule has 7 heteroatoms. The molecule has 0 saturated carbocycles. The molecule has 1 amide bonds. The van der Waals surface area contributed by atoms with E-state index in [2.05, 4.69) is 22.5 Å².